The Morgan fingerprint density at radius 3 is 2.46 bits per heavy atom. The molecule has 0 unspecified atom stereocenters. The average molecular weight is 581 g/mol. The van der Waals surface area contributed by atoms with Crippen molar-refractivity contribution < 1.29 is 24.2 Å². The third kappa shape index (κ3) is 6.17. The maximum atomic E-state index is 13.6. The van der Waals surface area contributed by atoms with Crippen molar-refractivity contribution in [1.82, 2.24) is 14.1 Å². The summed E-state index contributed by atoms with van der Waals surface area (Å²) in [6.45, 7) is 6.05. The molecule has 0 radical (unpaired) electrons. The quantitative estimate of drug-likeness (QED) is 0.333. The van der Waals surface area contributed by atoms with E-state index in [1.165, 1.54) is 42.2 Å². The number of carboxylic acids is 1. The van der Waals surface area contributed by atoms with Crippen molar-refractivity contribution >= 4 is 27.5 Å². The number of carbonyl (C=O) groups is 1. The molecule has 0 spiro atoms. The van der Waals surface area contributed by atoms with Crippen molar-refractivity contribution in [2.75, 3.05) is 13.2 Å². The molecule has 0 bridgehead atoms. The number of aliphatic hydroxyl groups excluding tert-OH is 1. The molecule has 2 N–H and O–H groups in total. The lowest BCUT2D eigenvalue weighted by Crippen LogP contribution is -2.52. The lowest BCUT2D eigenvalue weighted by Gasteiger charge is -2.23. The van der Waals surface area contributed by atoms with Gasteiger partial charge >= 0.3 is 11.7 Å². The van der Waals surface area contributed by atoms with Gasteiger partial charge in [-0.1, -0.05) is 24.3 Å². The summed E-state index contributed by atoms with van der Waals surface area (Å²) >= 11 is 1.21. The van der Waals surface area contributed by atoms with Gasteiger partial charge < -0.3 is 19.4 Å². The fourth-order valence-corrected chi connectivity index (χ4v) is 5.91. The van der Waals surface area contributed by atoms with Crippen LogP contribution in [0.2, 0.25) is 0 Å². The summed E-state index contributed by atoms with van der Waals surface area (Å²) < 4.78 is 12.6. The molecule has 0 amide bonds. The van der Waals surface area contributed by atoms with Crippen LogP contribution in [0.1, 0.15) is 43.4 Å². The van der Waals surface area contributed by atoms with Gasteiger partial charge in [0.05, 0.1) is 35.1 Å². The molecule has 1 fully saturated rings. The first-order valence-electron chi connectivity index (χ1n) is 13.2. The van der Waals surface area contributed by atoms with Gasteiger partial charge in [-0.2, -0.15) is 5.26 Å². The summed E-state index contributed by atoms with van der Waals surface area (Å²) in [5, 5.41) is 28.0. The Hall–Kier alpha value is -4.05. The van der Waals surface area contributed by atoms with Crippen LogP contribution in [0.4, 0.5) is 0 Å². The van der Waals surface area contributed by atoms with Crippen LogP contribution in [0.3, 0.4) is 0 Å². The predicted octanol–water partition coefficient (Wildman–Crippen LogP) is 3.47. The van der Waals surface area contributed by atoms with Crippen LogP contribution in [0.25, 0.3) is 21.0 Å². The number of thiophene rings is 1. The summed E-state index contributed by atoms with van der Waals surface area (Å²) in [7, 11) is 0. The lowest BCUT2D eigenvalue weighted by atomic mass is 10.0. The maximum absolute atomic E-state index is 13.6. The van der Waals surface area contributed by atoms with Gasteiger partial charge in [0.1, 0.15) is 16.6 Å². The highest BCUT2D eigenvalue weighted by atomic mass is 32.1. The number of aryl methyl sites for hydroxylation is 3. The molecule has 5 rings (SSSR count). The van der Waals surface area contributed by atoms with Gasteiger partial charge in [0.25, 0.3) is 5.56 Å². The molecule has 4 aromatic rings. The van der Waals surface area contributed by atoms with Crippen LogP contribution in [-0.2, 0) is 34.5 Å². The Kier molecular flexibility index (Phi) is 9.22. The molecule has 11 nitrogen and oxygen atoms in total. The molecule has 216 valence electrons. The molecule has 0 aliphatic carbocycles. The van der Waals surface area contributed by atoms with E-state index in [1.54, 1.807) is 6.92 Å². The number of oxazole rings is 1. The SMILES string of the molecule is Cc1c(-c2ncco2)sc2c1c(=O)n(C(C)(C)C(=O)O)c(=O)n2CCc1ccccc1CC#N.OC1CCOCC1. The summed E-state index contributed by atoms with van der Waals surface area (Å²) in [4.78, 5) is 44.2. The van der Waals surface area contributed by atoms with Gasteiger partial charge in [-0.05, 0) is 56.7 Å². The number of ether oxygens (including phenoxy) is 1. The minimum Gasteiger partial charge on any atom is -0.480 e. The molecular formula is C29H32N4O7S. The minimum absolute atomic E-state index is 0.0891. The van der Waals surface area contributed by atoms with Crippen molar-refractivity contribution in [2.24, 2.45) is 0 Å². The second-order valence-corrected chi connectivity index (χ2v) is 11.2. The number of benzene rings is 1. The number of hydrogen-bond donors (Lipinski definition) is 2. The third-order valence-electron chi connectivity index (χ3n) is 7.10. The topological polar surface area (TPSA) is 161 Å². The number of fused-ring (bicyclic) bond motifs is 1. The summed E-state index contributed by atoms with van der Waals surface area (Å²) in [5.74, 6) is -0.974. The summed E-state index contributed by atoms with van der Waals surface area (Å²) in [6.07, 6.45) is 5.12. The van der Waals surface area contributed by atoms with Crippen molar-refractivity contribution in [2.45, 2.75) is 64.6 Å². The second kappa shape index (κ2) is 12.6. The van der Waals surface area contributed by atoms with E-state index in [4.69, 9.17) is 19.5 Å². The summed E-state index contributed by atoms with van der Waals surface area (Å²) in [5.41, 5.74) is -0.804. The first-order chi connectivity index (χ1) is 19.6. The first kappa shape index (κ1) is 29.9. The molecule has 0 atom stereocenters. The number of hydrogen-bond acceptors (Lipinski definition) is 9. The smallest absolute Gasteiger partial charge is 0.333 e. The van der Waals surface area contributed by atoms with Gasteiger partial charge in [0.2, 0.25) is 5.89 Å². The van der Waals surface area contributed by atoms with E-state index < -0.39 is 22.8 Å². The van der Waals surface area contributed by atoms with E-state index in [1.807, 2.05) is 24.3 Å². The van der Waals surface area contributed by atoms with E-state index >= 15 is 0 Å². The molecule has 3 aromatic heterocycles. The molecule has 1 aliphatic heterocycles. The molecular weight excluding hydrogens is 548 g/mol. The normalized spacial score (nSPS) is 13.9. The number of aromatic nitrogens is 3. The van der Waals surface area contributed by atoms with E-state index in [2.05, 4.69) is 11.1 Å². The Balaban J connectivity index is 0.000000483. The van der Waals surface area contributed by atoms with Crippen molar-refractivity contribution in [1.29, 1.82) is 5.26 Å². The van der Waals surface area contributed by atoms with Crippen LogP contribution in [0.5, 0.6) is 0 Å². The molecule has 1 aliphatic rings. The minimum atomic E-state index is -1.76. The van der Waals surface area contributed by atoms with Gasteiger partial charge in [0.15, 0.2) is 0 Å². The molecule has 41 heavy (non-hydrogen) atoms. The van der Waals surface area contributed by atoms with Crippen LogP contribution in [0, 0.1) is 18.3 Å². The van der Waals surface area contributed by atoms with E-state index in [9.17, 15) is 19.5 Å². The van der Waals surface area contributed by atoms with Crippen LogP contribution in [0.15, 0.2) is 50.7 Å². The summed E-state index contributed by atoms with van der Waals surface area (Å²) in [6, 6.07) is 9.61. The number of aliphatic carboxylic acids is 1. The van der Waals surface area contributed by atoms with E-state index in [0.717, 1.165) is 41.7 Å². The molecule has 1 aromatic carbocycles. The number of nitrogens with zero attached hydrogens (tertiary/aromatic N) is 4. The van der Waals surface area contributed by atoms with E-state index in [0.29, 0.717) is 27.6 Å². The number of aliphatic hydroxyl groups is 1. The highest BCUT2D eigenvalue weighted by Gasteiger charge is 2.35. The molecule has 0 saturated carbocycles. The highest BCUT2D eigenvalue weighted by Crippen LogP contribution is 2.35. The van der Waals surface area contributed by atoms with Crippen LogP contribution >= 0.6 is 11.3 Å². The fraction of sp³-hybridized carbons (Fsp3) is 0.414. The maximum Gasteiger partial charge on any atom is 0.333 e. The third-order valence-corrected chi connectivity index (χ3v) is 8.41. The standard InChI is InChI=1S/C24H22N4O5S.C5H10O2/c1-14-17-20(29)28(24(2,3)22(30)31)23(32)27(21(17)34-18(14)19-26-11-13-33-19)12-9-16-7-5-4-6-15(16)8-10-25;6-5-1-3-7-4-2-5/h4-7,11,13H,8-9,12H2,1-3H3,(H,30,31);5-6H,1-4H2. The van der Waals surface area contributed by atoms with Crippen molar-refractivity contribution in [3.8, 4) is 16.8 Å². The van der Waals surface area contributed by atoms with Crippen LogP contribution in [-0.4, -0.2) is 49.6 Å². The van der Waals surface area contributed by atoms with Crippen molar-refractivity contribution in [3.63, 3.8) is 0 Å². The largest absolute Gasteiger partial charge is 0.480 e. The van der Waals surface area contributed by atoms with Gasteiger partial charge in [-0.15, -0.1) is 11.3 Å². The number of carboxylic acid groups (broad SMARTS) is 1. The Labute approximate surface area is 239 Å². The zero-order valence-corrected chi connectivity index (χ0v) is 23.9. The Bertz CT molecular complexity index is 1690. The number of rotatable bonds is 7. The lowest BCUT2D eigenvalue weighted by molar-refractivity contribution is -0.146. The van der Waals surface area contributed by atoms with Gasteiger partial charge in [-0.25, -0.2) is 19.1 Å². The first-order valence-corrected chi connectivity index (χ1v) is 14.0. The van der Waals surface area contributed by atoms with E-state index in [-0.39, 0.29) is 24.5 Å². The van der Waals surface area contributed by atoms with Gasteiger partial charge in [0, 0.05) is 19.8 Å². The van der Waals surface area contributed by atoms with Gasteiger partial charge in [-0.3, -0.25) is 9.36 Å². The average Bonchev–Trinajstić information content (AvgIpc) is 3.58. The fourth-order valence-electron chi connectivity index (χ4n) is 4.65. The molecule has 4 heterocycles. The number of nitriles is 1. The van der Waals surface area contributed by atoms with Crippen molar-refractivity contribution in [3.05, 3.63) is 74.3 Å². The molecule has 1 saturated heterocycles. The second-order valence-electron chi connectivity index (χ2n) is 10.2. The zero-order valence-electron chi connectivity index (χ0n) is 23.1. The molecule has 12 heteroatoms. The Morgan fingerprint density at radius 1 is 1.22 bits per heavy atom. The monoisotopic (exact) mass is 580 g/mol. The predicted molar refractivity (Wildman–Crippen MR) is 153 cm³/mol. The Morgan fingerprint density at radius 2 is 1.90 bits per heavy atom. The highest BCUT2D eigenvalue weighted by molar-refractivity contribution is 7.22. The van der Waals surface area contributed by atoms with Crippen LogP contribution < -0.4 is 11.2 Å². The zero-order chi connectivity index (χ0) is 29.7.